The number of piperidine rings is 1. The number of nitrogens with zero attached hydrogens (tertiary/aromatic N) is 1. The maximum Gasteiger partial charge on any atom is 0.234 e. The van der Waals surface area contributed by atoms with Crippen LogP contribution in [0.25, 0.3) is 0 Å². The standard InChI is InChI=1S/C12H22N2O2/c1-3-10(4-2)13-12(16)9-14-7-5-11(15)6-8-14/h10H,3-9H2,1-2H3,(H,13,16). The average Bonchev–Trinajstić information content (AvgIpc) is 2.29. The van der Waals surface area contributed by atoms with Crippen molar-refractivity contribution in [2.24, 2.45) is 0 Å². The molecule has 16 heavy (non-hydrogen) atoms. The minimum Gasteiger partial charge on any atom is -0.352 e. The molecule has 1 saturated heterocycles. The molecule has 1 fully saturated rings. The van der Waals surface area contributed by atoms with Gasteiger partial charge < -0.3 is 5.32 Å². The summed E-state index contributed by atoms with van der Waals surface area (Å²) in [4.78, 5) is 24.8. The third-order valence-corrected chi connectivity index (χ3v) is 3.13. The highest BCUT2D eigenvalue weighted by Gasteiger charge is 2.18. The summed E-state index contributed by atoms with van der Waals surface area (Å²) in [6.45, 7) is 6.05. The summed E-state index contributed by atoms with van der Waals surface area (Å²) in [5.74, 6) is 0.403. The Kier molecular flexibility index (Phi) is 5.46. The maximum atomic E-state index is 11.7. The first kappa shape index (κ1) is 13.2. The lowest BCUT2D eigenvalue weighted by Gasteiger charge is -2.26. The van der Waals surface area contributed by atoms with Crippen LogP contribution in [0.15, 0.2) is 0 Å². The van der Waals surface area contributed by atoms with Gasteiger partial charge in [-0.3, -0.25) is 14.5 Å². The van der Waals surface area contributed by atoms with Gasteiger partial charge in [-0.2, -0.15) is 0 Å². The van der Waals surface area contributed by atoms with E-state index in [0.29, 0.717) is 31.2 Å². The third kappa shape index (κ3) is 4.31. The average molecular weight is 226 g/mol. The van der Waals surface area contributed by atoms with Crippen LogP contribution in [0, 0.1) is 0 Å². The van der Waals surface area contributed by atoms with E-state index in [2.05, 4.69) is 24.1 Å². The largest absolute Gasteiger partial charge is 0.352 e. The van der Waals surface area contributed by atoms with Crippen molar-refractivity contribution in [3.8, 4) is 0 Å². The molecule has 0 aromatic rings. The molecule has 92 valence electrons. The SMILES string of the molecule is CCC(CC)NC(=O)CN1CCC(=O)CC1. The monoisotopic (exact) mass is 226 g/mol. The first-order chi connectivity index (χ1) is 7.65. The summed E-state index contributed by atoms with van der Waals surface area (Å²) >= 11 is 0. The summed E-state index contributed by atoms with van der Waals surface area (Å²) in [5, 5.41) is 3.01. The van der Waals surface area contributed by atoms with E-state index < -0.39 is 0 Å². The van der Waals surface area contributed by atoms with Gasteiger partial charge in [0.15, 0.2) is 0 Å². The van der Waals surface area contributed by atoms with Crippen molar-refractivity contribution in [3.63, 3.8) is 0 Å². The molecule has 1 rings (SSSR count). The number of rotatable bonds is 5. The quantitative estimate of drug-likeness (QED) is 0.759. The molecule has 1 aliphatic heterocycles. The predicted octanol–water partition coefficient (Wildman–Crippen LogP) is 0.956. The number of ketones is 1. The van der Waals surface area contributed by atoms with Crippen LogP contribution < -0.4 is 5.32 Å². The second-order valence-electron chi connectivity index (χ2n) is 4.40. The zero-order chi connectivity index (χ0) is 12.0. The summed E-state index contributed by atoms with van der Waals surface area (Å²) in [5.41, 5.74) is 0. The molecule has 1 aliphatic rings. The fourth-order valence-electron chi connectivity index (χ4n) is 1.93. The number of carbonyl (C=O) groups excluding carboxylic acids is 2. The fraction of sp³-hybridized carbons (Fsp3) is 0.833. The zero-order valence-electron chi connectivity index (χ0n) is 10.3. The van der Waals surface area contributed by atoms with E-state index in [-0.39, 0.29) is 5.91 Å². The lowest BCUT2D eigenvalue weighted by atomic mass is 10.1. The van der Waals surface area contributed by atoms with E-state index in [9.17, 15) is 9.59 Å². The van der Waals surface area contributed by atoms with Crippen LogP contribution in [0.5, 0.6) is 0 Å². The number of amides is 1. The topological polar surface area (TPSA) is 49.4 Å². The lowest BCUT2D eigenvalue weighted by Crippen LogP contribution is -2.44. The highest BCUT2D eigenvalue weighted by molar-refractivity contribution is 5.81. The molecule has 0 aliphatic carbocycles. The van der Waals surface area contributed by atoms with Crippen LogP contribution in [0.3, 0.4) is 0 Å². The minimum absolute atomic E-state index is 0.0862. The Labute approximate surface area is 97.4 Å². The molecule has 0 aromatic carbocycles. The molecular weight excluding hydrogens is 204 g/mol. The molecule has 0 bridgehead atoms. The van der Waals surface area contributed by atoms with Gasteiger partial charge in [-0.05, 0) is 12.8 Å². The molecule has 0 unspecified atom stereocenters. The van der Waals surface area contributed by atoms with Crippen LogP contribution in [0.2, 0.25) is 0 Å². The maximum absolute atomic E-state index is 11.7. The van der Waals surface area contributed by atoms with Gasteiger partial charge in [0, 0.05) is 32.0 Å². The lowest BCUT2D eigenvalue weighted by molar-refractivity contribution is -0.126. The van der Waals surface area contributed by atoms with Gasteiger partial charge in [-0.15, -0.1) is 0 Å². The van der Waals surface area contributed by atoms with Crippen molar-refractivity contribution in [1.82, 2.24) is 10.2 Å². The van der Waals surface area contributed by atoms with Crippen molar-refractivity contribution in [2.45, 2.75) is 45.6 Å². The van der Waals surface area contributed by atoms with Crippen LogP contribution in [-0.4, -0.2) is 42.3 Å². The van der Waals surface area contributed by atoms with E-state index in [1.807, 2.05) is 0 Å². The number of carbonyl (C=O) groups is 2. The normalized spacial score (nSPS) is 17.8. The summed E-state index contributed by atoms with van der Waals surface area (Å²) in [6.07, 6.45) is 3.14. The molecule has 1 N–H and O–H groups in total. The highest BCUT2D eigenvalue weighted by Crippen LogP contribution is 2.05. The van der Waals surface area contributed by atoms with Crippen molar-refractivity contribution in [2.75, 3.05) is 19.6 Å². The molecule has 4 nitrogen and oxygen atoms in total. The predicted molar refractivity (Wildman–Crippen MR) is 63.2 cm³/mol. The van der Waals surface area contributed by atoms with Crippen LogP contribution in [0.1, 0.15) is 39.5 Å². The van der Waals surface area contributed by atoms with Gasteiger partial charge in [-0.1, -0.05) is 13.8 Å². The molecule has 0 spiro atoms. The molecule has 0 aromatic heterocycles. The Bertz CT molecular complexity index is 239. The molecule has 1 amide bonds. The van der Waals surface area contributed by atoms with E-state index in [4.69, 9.17) is 0 Å². The fourth-order valence-corrected chi connectivity index (χ4v) is 1.93. The van der Waals surface area contributed by atoms with Gasteiger partial charge in [0.2, 0.25) is 5.91 Å². The van der Waals surface area contributed by atoms with Crippen LogP contribution >= 0.6 is 0 Å². The van der Waals surface area contributed by atoms with Gasteiger partial charge >= 0.3 is 0 Å². The second kappa shape index (κ2) is 6.63. The second-order valence-corrected chi connectivity index (χ2v) is 4.40. The van der Waals surface area contributed by atoms with E-state index >= 15 is 0 Å². The molecule has 0 radical (unpaired) electrons. The number of likely N-dealkylation sites (tertiary alicyclic amines) is 1. The molecule has 1 heterocycles. The smallest absolute Gasteiger partial charge is 0.234 e. The van der Waals surface area contributed by atoms with E-state index in [1.54, 1.807) is 0 Å². The Balaban J connectivity index is 2.26. The van der Waals surface area contributed by atoms with Gasteiger partial charge in [-0.25, -0.2) is 0 Å². The van der Waals surface area contributed by atoms with Crippen LogP contribution in [-0.2, 0) is 9.59 Å². The van der Waals surface area contributed by atoms with Crippen molar-refractivity contribution >= 4 is 11.7 Å². The first-order valence-corrected chi connectivity index (χ1v) is 6.19. The Morgan fingerprint density at radius 2 is 1.88 bits per heavy atom. The van der Waals surface area contributed by atoms with Crippen molar-refractivity contribution < 1.29 is 9.59 Å². The third-order valence-electron chi connectivity index (χ3n) is 3.13. The van der Waals surface area contributed by atoms with Gasteiger partial charge in [0.1, 0.15) is 5.78 Å². The number of hydrogen-bond donors (Lipinski definition) is 1. The molecule has 4 heteroatoms. The Morgan fingerprint density at radius 1 is 1.31 bits per heavy atom. The number of Topliss-reactive ketones (excluding diaryl/α,β-unsaturated/α-hetero) is 1. The first-order valence-electron chi connectivity index (χ1n) is 6.19. The number of hydrogen-bond acceptors (Lipinski definition) is 3. The van der Waals surface area contributed by atoms with Gasteiger partial charge in [0.05, 0.1) is 6.54 Å². The molecule has 0 atom stereocenters. The Morgan fingerprint density at radius 3 is 2.38 bits per heavy atom. The summed E-state index contributed by atoms with van der Waals surface area (Å²) < 4.78 is 0. The molecule has 0 saturated carbocycles. The van der Waals surface area contributed by atoms with Crippen molar-refractivity contribution in [3.05, 3.63) is 0 Å². The van der Waals surface area contributed by atoms with Gasteiger partial charge in [0.25, 0.3) is 0 Å². The van der Waals surface area contributed by atoms with E-state index in [1.165, 1.54) is 0 Å². The van der Waals surface area contributed by atoms with Crippen LogP contribution in [0.4, 0.5) is 0 Å². The van der Waals surface area contributed by atoms with E-state index in [0.717, 1.165) is 25.9 Å². The Hall–Kier alpha value is -0.900. The highest BCUT2D eigenvalue weighted by atomic mass is 16.2. The molecular formula is C12H22N2O2. The summed E-state index contributed by atoms with van der Waals surface area (Å²) in [6, 6.07) is 0.291. The minimum atomic E-state index is 0.0862. The zero-order valence-corrected chi connectivity index (χ0v) is 10.3. The van der Waals surface area contributed by atoms with Crippen molar-refractivity contribution in [1.29, 1.82) is 0 Å². The summed E-state index contributed by atoms with van der Waals surface area (Å²) in [7, 11) is 0. The number of nitrogens with one attached hydrogen (secondary N) is 1.